The number of aryl methyl sites for hydroxylation is 1. The Morgan fingerprint density at radius 1 is 1.45 bits per heavy atom. The van der Waals surface area contributed by atoms with Crippen LogP contribution in [0.4, 0.5) is 5.69 Å². The molecular formula is C8H11NOS. The molecule has 0 heterocycles. The van der Waals surface area contributed by atoms with Gasteiger partial charge in [0.25, 0.3) is 0 Å². The van der Waals surface area contributed by atoms with Gasteiger partial charge < -0.3 is 4.72 Å². The van der Waals surface area contributed by atoms with Gasteiger partial charge in [-0.2, -0.15) is 0 Å². The van der Waals surface area contributed by atoms with Gasteiger partial charge in [-0.15, -0.1) is 0 Å². The molecule has 1 rings (SSSR count). The summed E-state index contributed by atoms with van der Waals surface area (Å²) in [6, 6.07) is 7.80. The zero-order valence-corrected chi connectivity index (χ0v) is 7.44. The minimum Gasteiger partial charge on any atom is -0.305 e. The topological polar surface area (TPSA) is 29.1 Å². The largest absolute Gasteiger partial charge is 0.305 e. The number of nitrogens with one attached hydrogen (secondary N) is 1. The first kappa shape index (κ1) is 8.27. The highest BCUT2D eigenvalue weighted by Gasteiger charge is 1.91. The van der Waals surface area contributed by atoms with Crippen LogP contribution in [0.1, 0.15) is 5.56 Å². The lowest BCUT2D eigenvalue weighted by Crippen LogP contribution is -2.00. The van der Waals surface area contributed by atoms with Crippen molar-refractivity contribution in [2.75, 3.05) is 11.0 Å². The van der Waals surface area contributed by atoms with Gasteiger partial charge in [0.1, 0.15) is 11.0 Å². The average Bonchev–Trinajstić information content (AvgIpc) is 1.85. The summed E-state index contributed by atoms with van der Waals surface area (Å²) in [5.41, 5.74) is 2.08. The Bertz CT molecular complexity index is 273. The summed E-state index contributed by atoms with van der Waals surface area (Å²) < 4.78 is 13.5. The molecule has 0 saturated carbocycles. The van der Waals surface area contributed by atoms with Crippen LogP contribution in [0, 0.1) is 6.92 Å². The molecule has 0 amide bonds. The molecule has 0 aromatic heterocycles. The molecule has 3 heteroatoms. The molecular weight excluding hydrogens is 158 g/mol. The van der Waals surface area contributed by atoms with Crippen LogP contribution in [0.3, 0.4) is 0 Å². The molecule has 0 fully saturated rings. The molecule has 60 valence electrons. The standard InChI is InChI=1S/C8H11NOS/c1-7-4-3-5-8(6-7)9-11(2)10/h3-6,9H,1-2H3. The number of anilines is 1. The van der Waals surface area contributed by atoms with E-state index < -0.39 is 11.0 Å². The Morgan fingerprint density at radius 3 is 2.73 bits per heavy atom. The Kier molecular flexibility index (Phi) is 2.65. The van der Waals surface area contributed by atoms with Crippen molar-refractivity contribution in [1.29, 1.82) is 0 Å². The van der Waals surface area contributed by atoms with Crippen LogP contribution in [-0.2, 0) is 11.0 Å². The Morgan fingerprint density at radius 2 is 2.18 bits per heavy atom. The van der Waals surface area contributed by atoms with E-state index in [1.54, 1.807) is 6.26 Å². The molecule has 11 heavy (non-hydrogen) atoms. The van der Waals surface area contributed by atoms with Gasteiger partial charge in [0, 0.05) is 11.9 Å². The van der Waals surface area contributed by atoms with Gasteiger partial charge in [0.2, 0.25) is 0 Å². The molecule has 2 nitrogen and oxygen atoms in total. The first-order valence-electron chi connectivity index (χ1n) is 3.35. The lowest BCUT2D eigenvalue weighted by atomic mass is 10.2. The third-order valence-corrected chi connectivity index (χ3v) is 1.80. The number of hydrogen-bond donors (Lipinski definition) is 1. The highest BCUT2D eigenvalue weighted by Crippen LogP contribution is 2.09. The molecule has 0 saturated heterocycles. The van der Waals surface area contributed by atoms with Gasteiger partial charge in [-0.25, -0.2) is 4.21 Å². The van der Waals surface area contributed by atoms with Gasteiger partial charge >= 0.3 is 0 Å². The van der Waals surface area contributed by atoms with E-state index in [2.05, 4.69) is 4.72 Å². The predicted molar refractivity (Wildman–Crippen MR) is 48.9 cm³/mol. The van der Waals surface area contributed by atoms with E-state index in [0.717, 1.165) is 5.69 Å². The van der Waals surface area contributed by atoms with E-state index in [1.807, 2.05) is 31.2 Å². The molecule has 1 N–H and O–H groups in total. The van der Waals surface area contributed by atoms with Crippen LogP contribution in [0.25, 0.3) is 0 Å². The van der Waals surface area contributed by atoms with Crippen molar-refractivity contribution >= 4 is 16.7 Å². The van der Waals surface area contributed by atoms with E-state index in [9.17, 15) is 4.21 Å². The maximum absolute atomic E-state index is 10.7. The zero-order chi connectivity index (χ0) is 8.27. The van der Waals surface area contributed by atoms with Crippen LogP contribution >= 0.6 is 0 Å². The Hall–Kier alpha value is -0.830. The van der Waals surface area contributed by atoms with Crippen molar-refractivity contribution in [3.63, 3.8) is 0 Å². The zero-order valence-electron chi connectivity index (χ0n) is 6.63. The van der Waals surface area contributed by atoms with Crippen LogP contribution < -0.4 is 4.72 Å². The van der Waals surface area contributed by atoms with Crippen molar-refractivity contribution in [2.24, 2.45) is 0 Å². The highest BCUT2D eigenvalue weighted by molar-refractivity contribution is 7.85. The third kappa shape index (κ3) is 2.72. The average molecular weight is 169 g/mol. The van der Waals surface area contributed by atoms with Gasteiger partial charge in [0.05, 0.1) is 0 Å². The first-order valence-corrected chi connectivity index (χ1v) is 4.91. The molecule has 1 atom stereocenters. The van der Waals surface area contributed by atoms with Gasteiger partial charge in [-0.1, -0.05) is 12.1 Å². The van der Waals surface area contributed by atoms with Crippen molar-refractivity contribution < 1.29 is 4.21 Å². The van der Waals surface area contributed by atoms with E-state index in [0.29, 0.717) is 0 Å². The molecule has 0 radical (unpaired) electrons. The summed E-state index contributed by atoms with van der Waals surface area (Å²) in [4.78, 5) is 0. The maximum Gasteiger partial charge on any atom is 0.113 e. The fourth-order valence-electron chi connectivity index (χ4n) is 0.875. The maximum atomic E-state index is 10.7. The number of hydrogen-bond acceptors (Lipinski definition) is 1. The highest BCUT2D eigenvalue weighted by atomic mass is 32.2. The summed E-state index contributed by atoms with van der Waals surface area (Å²) in [5, 5.41) is 0. The fraction of sp³-hybridized carbons (Fsp3) is 0.250. The van der Waals surface area contributed by atoms with Crippen molar-refractivity contribution in [3.05, 3.63) is 29.8 Å². The SMILES string of the molecule is Cc1cccc(NS(C)=O)c1. The molecule has 0 aliphatic carbocycles. The molecule has 0 bridgehead atoms. The van der Waals surface area contributed by atoms with E-state index in [4.69, 9.17) is 0 Å². The van der Waals surface area contributed by atoms with Gasteiger partial charge in [-0.05, 0) is 24.6 Å². The summed E-state index contributed by atoms with van der Waals surface area (Å²) in [5.74, 6) is 0. The number of rotatable bonds is 2. The van der Waals surface area contributed by atoms with E-state index in [1.165, 1.54) is 5.56 Å². The minimum atomic E-state index is -0.975. The second-order valence-electron chi connectivity index (χ2n) is 2.43. The van der Waals surface area contributed by atoms with E-state index in [-0.39, 0.29) is 0 Å². The molecule has 0 spiro atoms. The molecule has 1 aromatic carbocycles. The second kappa shape index (κ2) is 3.53. The number of benzene rings is 1. The summed E-state index contributed by atoms with van der Waals surface area (Å²) in [6.07, 6.45) is 1.61. The smallest absolute Gasteiger partial charge is 0.113 e. The first-order chi connectivity index (χ1) is 5.18. The van der Waals surface area contributed by atoms with Crippen molar-refractivity contribution in [2.45, 2.75) is 6.92 Å². The van der Waals surface area contributed by atoms with Crippen molar-refractivity contribution in [3.8, 4) is 0 Å². The molecule has 1 aromatic rings. The molecule has 0 aliphatic rings. The van der Waals surface area contributed by atoms with Crippen LogP contribution in [0.5, 0.6) is 0 Å². The second-order valence-corrected chi connectivity index (χ2v) is 3.54. The van der Waals surface area contributed by atoms with Crippen LogP contribution in [0.15, 0.2) is 24.3 Å². The monoisotopic (exact) mass is 169 g/mol. The van der Waals surface area contributed by atoms with Crippen molar-refractivity contribution in [1.82, 2.24) is 0 Å². The fourth-order valence-corrected chi connectivity index (χ4v) is 1.33. The lowest BCUT2D eigenvalue weighted by Gasteiger charge is -2.01. The normalized spacial score (nSPS) is 12.5. The quantitative estimate of drug-likeness (QED) is 0.717. The summed E-state index contributed by atoms with van der Waals surface area (Å²) in [7, 11) is -0.975. The summed E-state index contributed by atoms with van der Waals surface area (Å²) >= 11 is 0. The molecule has 1 unspecified atom stereocenters. The van der Waals surface area contributed by atoms with Gasteiger partial charge in [0.15, 0.2) is 0 Å². The van der Waals surface area contributed by atoms with Gasteiger partial charge in [-0.3, -0.25) is 0 Å². The van der Waals surface area contributed by atoms with Crippen LogP contribution in [-0.4, -0.2) is 10.5 Å². The Labute approximate surface area is 69.2 Å². The summed E-state index contributed by atoms with van der Waals surface area (Å²) in [6.45, 7) is 2.00. The Balaban J connectivity index is 2.79. The lowest BCUT2D eigenvalue weighted by molar-refractivity contribution is 0.690. The third-order valence-electron chi connectivity index (χ3n) is 1.28. The van der Waals surface area contributed by atoms with Crippen LogP contribution in [0.2, 0.25) is 0 Å². The predicted octanol–water partition coefficient (Wildman–Crippen LogP) is 1.70. The van der Waals surface area contributed by atoms with E-state index >= 15 is 0 Å². The molecule has 0 aliphatic heterocycles. The minimum absolute atomic E-state index is 0.908.